The van der Waals surface area contributed by atoms with E-state index in [0.29, 0.717) is 16.3 Å². The zero-order valence-corrected chi connectivity index (χ0v) is 11.0. The van der Waals surface area contributed by atoms with Gasteiger partial charge in [0, 0.05) is 10.6 Å². The molecule has 4 heteroatoms. The molecule has 2 rings (SSSR count). The minimum Gasteiger partial charge on any atom is -0.483 e. The van der Waals surface area contributed by atoms with Crippen LogP contribution in [0.1, 0.15) is 17.3 Å². The third-order valence-corrected chi connectivity index (χ3v) is 2.88. The first-order valence-corrected chi connectivity index (χ1v) is 6.16. The number of benzene rings is 2. The third kappa shape index (κ3) is 3.55. The lowest BCUT2D eigenvalue weighted by molar-refractivity contribution is 0.0818. The van der Waals surface area contributed by atoms with E-state index in [9.17, 15) is 9.18 Å². The molecule has 0 aliphatic rings. The first-order chi connectivity index (χ1) is 9.06. The van der Waals surface area contributed by atoms with Crippen LogP contribution in [0.15, 0.2) is 48.5 Å². The summed E-state index contributed by atoms with van der Waals surface area (Å²) in [6.07, 6.45) is -0.647. The van der Waals surface area contributed by atoms with Crippen LogP contribution < -0.4 is 4.74 Å². The highest BCUT2D eigenvalue weighted by molar-refractivity contribution is 6.30. The lowest BCUT2D eigenvalue weighted by Crippen LogP contribution is -2.23. The van der Waals surface area contributed by atoms with Crippen LogP contribution in [0.5, 0.6) is 5.75 Å². The Morgan fingerprint density at radius 2 is 1.68 bits per heavy atom. The van der Waals surface area contributed by atoms with Crippen LogP contribution >= 0.6 is 11.6 Å². The number of halogens is 2. The molecule has 0 bridgehead atoms. The summed E-state index contributed by atoms with van der Waals surface area (Å²) in [4.78, 5) is 12.1. The van der Waals surface area contributed by atoms with E-state index in [1.165, 1.54) is 24.3 Å². The highest BCUT2D eigenvalue weighted by Crippen LogP contribution is 2.18. The largest absolute Gasteiger partial charge is 0.483 e. The van der Waals surface area contributed by atoms with Crippen LogP contribution in [0, 0.1) is 5.82 Å². The van der Waals surface area contributed by atoms with Crippen LogP contribution in [0.4, 0.5) is 4.39 Å². The molecule has 0 heterocycles. The Balaban J connectivity index is 2.07. The summed E-state index contributed by atoms with van der Waals surface area (Å²) in [7, 11) is 0. The van der Waals surface area contributed by atoms with Gasteiger partial charge in [0.2, 0.25) is 5.78 Å². The normalized spacial score (nSPS) is 11.9. The van der Waals surface area contributed by atoms with Crippen molar-refractivity contribution in [2.45, 2.75) is 13.0 Å². The number of hydrogen-bond donors (Lipinski definition) is 0. The molecule has 0 amide bonds. The van der Waals surface area contributed by atoms with E-state index in [0.717, 1.165) is 0 Å². The summed E-state index contributed by atoms with van der Waals surface area (Å²) >= 11 is 5.76. The standard InChI is InChI=1S/C15H12ClFO2/c1-10(19-14-8-4-12(16)5-9-14)15(18)11-2-6-13(17)7-3-11/h2-10H,1H3/t10-/m0/s1. The Labute approximate surface area is 115 Å². The number of ether oxygens (including phenoxy) is 1. The van der Waals surface area contributed by atoms with Crippen LogP contribution in [0.25, 0.3) is 0 Å². The Kier molecular flexibility index (Phi) is 4.17. The van der Waals surface area contributed by atoms with Gasteiger partial charge in [0.05, 0.1) is 0 Å². The molecule has 0 N–H and O–H groups in total. The molecule has 0 aromatic heterocycles. The molecule has 0 fully saturated rings. The molecule has 0 saturated carbocycles. The highest BCUT2D eigenvalue weighted by Gasteiger charge is 2.16. The average Bonchev–Trinajstić information content (AvgIpc) is 2.41. The van der Waals surface area contributed by atoms with Gasteiger partial charge in [-0.15, -0.1) is 0 Å². The molecular weight excluding hydrogens is 267 g/mol. The molecule has 0 unspecified atom stereocenters. The summed E-state index contributed by atoms with van der Waals surface area (Å²) in [5, 5.41) is 0.602. The number of ketones is 1. The second-order valence-corrected chi connectivity index (χ2v) is 4.52. The first kappa shape index (κ1) is 13.6. The average molecular weight is 279 g/mol. The molecular formula is C15H12ClFO2. The van der Waals surface area contributed by atoms with Gasteiger partial charge >= 0.3 is 0 Å². The smallest absolute Gasteiger partial charge is 0.202 e. The van der Waals surface area contributed by atoms with E-state index in [4.69, 9.17) is 16.3 Å². The van der Waals surface area contributed by atoms with E-state index >= 15 is 0 Å². The van der Waals surface area contributed by atoms with Gasteiger partial charge in [-0.2, -0.15) is 0 Å². The number of carbonyl (C=O) groups excluding carboxylic acids is 1. The van der Waals surface area contributed by atoms with Crippen molar-refractivity contribution in [3.8, 4) is 5.75 Å². The lowest BCUT2D eigenvalue weighted by atomic mass is 10.1. The molecule has 2 nitrogen and oxygen atoms in total. The molecule has 0 radical (unpaired) electrons. The summed E-state index contributed by atoms with van der Waals surface area (Å²) in [6, 6.07) is 12.1. The first-order valence-electron chi connectivity index (χ1n) is 5.78. The molecule has 2 aromatic carbocycles. The van der Waals surface area contributed by atoms with Gasteiger partial charge in [-0.3, -0.25) is 4.79 Å². The van der Waals surface area contributed by atoms with E-state index in [2.05, 4.69) is 0 Å². The summed E-state index contributed by atoms with van der Waals surface area (Å²) < 4.78 is 18.3. The Hall–Kier alpha value is -1.87. The van der Waals surface area contributed by atoms with Gasteiger partial charge in [0.25, 0.3) is 0 Å². The van der Waals surface area contributed by atoms with Crippen molar-refractivity contribution in [1.82, 2.24) is 0 Å². The summed E-state index contributed by atoms with van der Waals surface area (Å²) in [5.74, 6) is -0.00913. The van der Waals surface area contributed by atoms with Crippen LogP contribution in [-0.2, 0) is 0 Å². The predicted molar refractivity (Wildman–Crippen MR) is 72.3 cm³/mol. The van der Waals surface area contributed by atoms with E-state index in [-0.39, 0.29) is 11.6 Å². The highest BCUT2D eigenvalue weighted by atomic mass is 35.5. The quantitative estimate of drug-likeness (QED) is 0.786. The van der Waals surface area contributed by atoms with Crippen molar-refractivity contribution in [3.63, 3.8) is 0 Å². The SMILES string of the molecule is C[C@H](Oc1ccc(Cl)cc1)C(=O)c1ccc(F)cc1. The molecule has 1 atom stereocenters. The van der Waals surface area contributed by atoms with Gasteiger partial charge in [-0.05, 0) is 55.5 Å². The van der Waals surface area contributed by atoms with Crippen molar-refractivity contribution < 1.29 is 13.9 Å². The number of carbonyl (C=O) groups is 1. The fourth-order valence-corrected chi connectivity index (χ4v) is 1.75. The molecule has 0 aliphatic heterocycles. The number of Topliss-reactive ketones (excluding diaryl/α,β-unsaturated/α-hetero) is 1. The molecule has 0 saturated heterocycles. The van der Waals surface area contributed by atoms with E-state index < -0.39 is 6.10 Å². The Bertz CT molecular complexity index is 564. The molecule has 98 valence electrons. The minimum atomic E-state index is -0.647. The maximum Gasteiger partial charge on any atom is 0.202 e. The maximum atomic E-state index is 12.8. The second kappa shape index (κ2) is 5.85. The van der Waals surface area contributed by atoms with Crippen molar-refractivity contribution >= 4 is 17.4 Å². The number of rotatable bonds is 4. The van der Waals surface area contributed by atoms with Gasteiger partial charge in [-0.1, -0.05) is 11.6 Å². The van der Waals surface area contributed by atoms with Crippen LogP contribution in [-0.4, -0.2) is 11.9 Å². The van der Waals surface area contributed by atoms with Crippen molar-refractivity contribution in [2.24, 2.45) is 0 Å². The van der Waals surface area contributed by atoms with Gasteiger partial charge < -0.3 is 4.74 Å². The van der Waals surface area contributed by atoms with Crippen molar-refractivity contribution in [1.29, 1.82) is 0 Å². The monoisotopic (exact) mass is 278 g/mol. The van der Waals surface area contributed by atoms with E-state index in [1.807, 2.05) is 0 Å². The molecule has 2 aromatic rings. The fraction of sp³-hybridized carbons (Fsp3) is 0.133. The number of hydrogen-bond acceptors (Lipinski definition) is 2. The van der Waals surface area contributed by atoms with Crippen molar-refractivity contribution in [2.75, 3.05) is 0 Å². The van der Waals surface area contributed by atoms with Gasteiger partial charge in [-0.25, -0.2) is 4.39 Å². The van der Waals surface area contributed by atoms with Crippen molar-refractivity contribution in [3.05, 3.63) is 64.9 Å². The summed E-state index contributed by atoms with van der Waals surface area (Å²) in [6.45, 7) is 1.65. The zero-order chi connectivity index (χ0) is 13.8. The minimum absolute atomic E-state index is 0.199. The predicted octanol–water partition coefficient (Wildman–Crippen LogP) is 4.13. The lowest BCUT2D eigenvalue weighted by Gasteiger charge is -2.13. The Morgan fingerprint density at radius 1 is 1.11 bits per heavy atom. The summed E-state index contributed by atoms with van der Waals surface area (Å²) in [5.41, 5.74) is 0.419. The van der Waals surface area contributed by atoms with Crippen LogP contribution in [0.2, 0.25) is 5.02 Å². The topological polar surface area (TPSA) is 26.3 Å². The fourth-order valence-electron chi connectivity index (χ4n) is 1.62. The molecule has 19 heavy (non-hydrogen) atoms. The molecule has 0 aliphatic carbocycles. The maximum absolute atomic E-state index is 12.8. The second-order valence-electron chi connectivity index (χ2n) is 4.09. The zero-order valence-electron chi connectivity index (χ0n) is 10.3. The Morgan fingerprint density at radius 3 is 2.26 bits per heavy atom. The third-order valence-electron chi connectivity index (χ3n) is 2.62. The van der Waals surface area contributed by atoms with Gasteiger partial charge in [0.15, 0.2) is 6.10 Å². The van der Waals surface area contributed by atoms with Crippen LogP contribution in [0.3, 0.4) is 0 Å². The van der Waals surface area contributed by atoms with Gasteiger partial charge in [0.1, 0.15) is 11.6 Å². The van der Waals surface area contributed by atoms with E-state index in [1.54, 1.807) is 31.2 Å². The molecule has 0 spiro atoms.